The quantitative estimate of drug-likeness (QED) is 0.0209. The van der Waals surface area contributed by atoms with E-state index in [1.54, 1.807) is 88.4 Å². The van der Waals surface area contributed by atoms with Gasteiger partial charge in [-0.3, -0.25) is 28.8 Å². The molecule has 24 nitrogen and oxygen atoms in total. The summed E-state index contributed by atoms with van der Waals surface area (Å²) in [5, 5.41) is 13.5. The fourth-order valence-electron chi connectivity index (χ4n) is 9.01. The fraction of sp³-hybridized carbons (Fsp3) is 0.603. The molecule has 1 unspecified atom stereocenters. The lowest BCUT2D eigenvalue weighted by Crippen LogP contribution is -2.57. The van der Waals surface area contributed by atoms with Crippen LogP contribution >= 0.6 is 11.8 Å². The molecule has 0 saturated carbocycles. The number of cyclic esters (lactones) is 2. The Balaban J connectivity index is 1.73. The maximum atomic E-state index is 14.3. The molecular formula is C63H95ClN8O16. The third-order valence-corrected chi connectivity index (χ3v) is 14.9. The number of carbonyl (C=O) groups is 9. The molecule has 25 heteroatoms. The average Bonchev–Trinajstić information content (AvgIpc) is 3.71. The highest BCUT2D eigenvalue weighted by Crippen LogP contribution is 2.26. The summed E-state index contributed by atoms with van der Waals surface area (Å²) >= 11 is 5.57. The number of ether oxygens (including phenoxy) is 7. The Morgan fingerprint density at radius 3 is 2.01 bits per heavy atom. The molecule has 2 aromatic rings. The average molecular weight is 1260 g/mol. The first-order chi connectivity index (χ1) is 41.9. The number of allylic oxidation sites excluding steroid dienone is 1. The zero-order valence-corrected chi connectivity index (χ0v) is 54.0. The molecule has 6 N–H and O–H groups in total. The van der Waals surface area contributed by atoms with Crippen LogP contribution in [0.25, 0.3) is 0 Å². The van der Waals surface area contributed by atoms with Gasteiger partial charge < -0.3 is 69.5 Å². The number of carbonyl (C=O) groups excluding carboxylic acids is 9. The molecule has 0 radical (unpaired) electrons. The molecule has 0 spiro atoms. The van der Waals surface area contributed by atoms with Crippen LogP contribution in [-0.4, -0.2) is 179 Å². The zero-order chi connectivity index (χ0) is 65.3. The second-order valence-electron chi connectivity index (χ2n) is 22.3. The van der Waals surface area contributed by atoms with Crippen LogP contribution in [-0.2, 0) is 79.7 Å². The predicted molar refractivity (Wildman–Crippen MR) is 331 cm³/mol. The molecule has 0 aromatic heterocycles. The predicted octanol–water partition coefficient (Wildman–Crippen LogP) is 6.29. The van der Waals surface area contributed by atoms with E-state index in [0.717, 1.165) is 16.2 Å². The zero-order valence-electron chi connectivity index (χ0n) is 53.2. The lowest BCUT2D eigenvalue weighted by molar-refractivity contribution is -0.155. The Morgan fingerprint density at radius 2 is 1.39 bits per heavy atom. The van der Waals surface area contributed by atoms with Crippen molar-refractivity contribution in [2.24, 2.45) is 17.8 Å². The Bertz CT molecular complexity index is 2610. The highest BCUT2D eigenvalue weighted by Gasteiger charge is 2.38. The largest absolute Gasteiger partial charge is 0.456 e. The van der Waals surface area contributed by atoms with Crippen LogP contribution in [0.15, 0.2) is 77.9 Å². The van der Waals surface area contributed by atoms with Gasteiger partial charge in [-0.25, -0.2) is 19.2 Å². The summed E-state index contributed by atoms with van der Waals surface area (Å²) in [5.74, 6) is -6.42. The normalized spacial score (nSPS) is 22.9. The number of likely N-dealkylation sites (N-methyl/N-ethyl adjacent to an activating group) is 2. The number of halogens is 1. The van der Waals surface area contributed by atoms with Crippen LogP contribution in [0.1, 0.15) is 112 Å². The van der Waals surface area contributed by atoms with Gasteiger partial charge >= 0.3 is 24.1 Å². The van der Waals surface area contributed by atoms with Crippen molar-refractivity contribution in [1.29, 1.82) is 0 Å². The van der Waals surface area contributed by atoms with Crippen LogP contribution in [0.3, 0.4) is 0 Å². The summed E-state index contributed by atoms with van der Waals surface area (Å²) in [5.41, 5.74) is 2.90. The number of hydrogen-bond acceptors (Lipinski definition) is 17. The third-order valence-electron chi connectivity index (χ3n) is 14.7. The van der Waals surface area contributed by atoms with Gasteiger partial charge in [-0.05, 0) is 94.5 Å². The first kappa shape index (κ1) is 75.0. The van der Waals surface area contributed by atoms with Gasteiger partial charge in [-0.1, -0.05) is 95.7 Å². The van der Waals surface area contributed by atoms with Crippen molar-refractivity contribution in [3.8, 4) is 0 Å². The van der Waals surface area contributed by atoms with Crippen LogP contribution < -0.4 is 31.4 Å². The van der Waals surface area contributed by atoms with Gasteiger partial charge in [-0.2, -0.15) is 0 Å². The van der Waals surface area contributed by atoms with E-state index < -0.39 is 115 Å². The molecule has 3 rings (SSSR count). The maximum Gasteiger partial charge on any atom is 0.407 e. The number of rotatable bonds is 25. The third kappa shape index (κ3) is 27.0. The molecule has 7 amide bonds. The summed E-state index contributed by atoms with van der Waals surface area (Å²) in [7, 11) is 2.82. The van der Waals surface area contributed by atoms with E-state index in [1.165, 1.54) is 45.8 Å². The second kappa shape index (κ2) is 40.3. The van der Waals surface area contributed by atoms with Gasteiger partial charge in [0.25, 0.3) is 5.91 Å². The number of alkyl carbamates (subject to hydrolysis) is 2. The van der Waals surface area contributed by atoms with Crippen molar-refractivity contribution in [3.63, 3.8) is 0 Å². The Hall–Kier alpha value is -7.28. The van der Waals surface area contributed by atoms with E-state index in [9.17, 15) is 43.2 Å². The smallest absolute Gasteiger partial charge is 0.407 e. The first-order valence-electron chi connectivity index (χ1n) is 30.1. The monoisotopic (exact) mass is 1250 g/mol. The molecule has 0 fully saturated rings. The molecule has 2 aromatic carbocycles. The molecule has 88 heavy (non-hydrogen) atoms. The van der Waals surface area contributed by atoms with E-state index in [0.29, 0.717) is 70.0 Å². The standard InChI is InChI=1S/C63H95ClN8O16/c1-13-41(5)54-57(75)68-46(10)61(79)88-55(42(6)14-2)44(8)51(87-63(81)66-29-33-82-31-19-32-84-35-34-83-30-18-28-65-62(80)85-39-48-23-25-49(70-64)26-24-48)27-22-43(7)60(78)86-52(36-40(3)4)56(74)67-45(9)58(76)72(12)50(37-47-20-16-15-17-21-47)59(77)71(11)38-53(73)69-54/h14-17,20-26,40-41,44-46,50-52,54-55,70H,13,18-19,27-39H2,1-12H3,(H,65,80)(H,66,81)(H,67,74)(H,68,75)(H,69,73)/b42-14+,43-22+/t41?,44-,45-,46+,50+,51-,52+,54-,55+/m0/s1. The van der Waals surface area contributed by atoms with Crippen LogP contribution in [0.5, 0.6) is 0 Å². The van der Waals surface area contributed by atoms with E-state index in [4.69, 9.17) is 44.9 Å². The molecular weight excluding hydrogens is 1160 g/mol. The van der Waals surface area contributed by atoms with Crippen LogP contribution in [0.2, 0.25) is 0 Å². The summed E-state index contributed by atoms with van der Waals surface area (Å²) in [4.78, 5) is 129. The fourth-order valence-corrected chi connectivity index (χ4v) is 9.14. The summed E-state index contributed by atoms with van der Waals surface area (Å²) in [6, 6.07) is 11.3. The molecule has 0 aliphatic carbocycles. The van der Waals surface area contributed by atoms with Gasteiger partial charge in [0, 0.05) is 88.8 Å². The molecule has 1 aliphatic heterocycles. The number of benzene rings is 2. The molecule has 1 aliphatic rings. The topological polar surface area (TPSA) is 297 Å². The summed E-state index contributed by atoms with van der Waals surface area (Å²) in [6.45, 7) is 18.9. The maximum absolute atomic E-state index is 14.3. The van der Waals surface area contributed by atoms with Crippen molar-refractivity contribution in [1.82, 2.24) is 36.4 Å². The number of nitrogens with one attached hydrogen (secondary N) is 6. The van der Waals surface area contributed by atoms with E-state index in [-0.39, 0.29) is 50.5 Å². The number of esters is 2. The minimum Gasteiger partial charge on any atom is -0.456 e. The van der Waals surface area contributed by atoms with Crippen LogP contribution in [0.4, 0.5) is 15.3 Å². The van der Waals surface area contributed by atoms with Gasteiger partial charge in [-0.15, -0.1) is 0 Å². The molecule has 1 heterocycles. The van der Waals surface area contributed by atoms with Gasteiger partial charge in [0.05, 0.1) is 26.4 Å². The highest BCUT2D eigenvalue weighted by molar-refractivity contribution is 6.23. The Labute approximate surface area is 523 Å². The van der Waals surface area contributed by atoms with Gasteiger partial charge in [0.2, 0.25) is 23.6 Å². The summed E-state index contributed by atoms with van der Waals surface area (Å²) < 4.78 is 40.1. The number of nitrogens with zero attached hydrogens (tertiary/aromatic N) is 2. The van der Waals surface area contributed by atoms with Crippen molar-refractivity contribution in [3.05, 3.63) is 89.0 Å². The number of hydrogen-bond donors (Lipinski definition) is 6. The van der Waals surface area contributed by atoms with Gasteiger partial charge in [0.15, 0.2) is 6.10 Å². The van der Waals surface area contributed by atoms with Crippen molar-refractivity contribution >= 4 is 71.1 Å². The van der Waals surface area contributed by atoms with E-state index >= 15 is 0 Å². The number of amides is 7. The number of anilines is 1. The molecule has 9 atom stereocenters. The minimum absolute atomic E-state index is 0.0495. The summed E-state index contributed by atoms with van der Waals surface area (Å²) in [6.07, 6.45) is 0.0497. The lowest BCUT2D eigenvalue weighted by Gasteiger charge is -2.33. The van der Waals surface area contributed by atoms with Crippen molar-refractivity contribution in [2.45, 2.75) is 157 Å². The minimum atomic E-state index is -1.35. The Kier molecular flexibility index (Phi) is 34.3. The van der Waals surface area contributed by atoms with Crippen LogP contribution in [0, 0.1) is 17.8 Å². The molecule has 0 saturated heterocycles. The highest BCUT2D eigenvalue weighted by atomic mass is 35.5. The molecule has 0 bridgehead atoms. The van der Waals surface area contributed by atoms with Gasteiger partial charge in [0.1, 0.15) is 43.0 Å². The Morgan fingerprint density at radius 1 is 0.761 bits per heavy atom. The van der Waals surface area contributed by atoms with E-state index in [1.807, 2.05) is 20.8 Å². The SMILES string of the molecule is C/C=C(\C)[C@H]1OC(=O)[C@@H](C)NC(=O)[C@H](C(C)CC)NC(=O)CN(C)C(=O)[C@@H](Cc2ccccc2)N(C)C(=O)[C@H](C)NC(=O)[C@@H](CC(C)C)OC(=O)/C(C)=C/C[C@H](OC(=O)NCCOCCCOCCOCCCNC(=O)OCc2ccc(NCl)cc2)[C@@H]1C. The lowest BCUT2D eigenvalue weighted by atomic mass is 9.90. The van der Waals surface area contributed by atoms with E-state index in [2.05, 4.69) is 31.4 Å². The first-order valence-corrected chi connectivity index (χ1v) is 30.5. The molecule has 490 valence electrons. The van der Waals surface area contributed by atoms with Crippen molar-refractivity contribution < 1.29 is 76.3 Å². The van der Waals surface area contributed by atoms with Crippen molar-refractivity contribution in [2.75, 3.05) is 78.2 Å². The second-order valence-corrected chi connectivity index (χ2v) is 22.5.